The van der Waals surface area contributed by atoms with Crippen molar-refractivity contribution in [3.05, 3.63) is 23.3 Å². The van der Waals surface area contributed by atoms with E-state index in [1.807, 2.05) is 0 Å². The molecule has 0 saturated carbocycles. The van der Waals surface area contributed by atoms with Gasteiger partial charge in [0.2, 0.25) is 24.2 Å². The first-order chi connectivity index (χ1) is 11.6. The minimum Gasteiger partial charge on any atom is -0.493 e. The minimum absolute atomic E-state index is 0.0667. The van der Waals surface area contributed by atoms with E-state index >= 15 is 0 Å². The lowest BCUT2D eigenvalue weighted by atomic mass is 10.1. The number of carbonyl (C=O) groups is 1. The van der Waals surface area contributed by atoms with Gasteiger partial charge in [-0.25, -0.2) is 0 Å². The maximum absolute atomic E-state index is 10.6. The number of fused-ring (bicyclic) bond motifs is 1. The van der Waals surface area contributed by atoms with Crippen LogP contribution in [-0.2, 0) is 17.6 Å². The van der Waals surface area contributed by atoms with Gasteiger partial charge < -0.3 is 28.6 Å². The number of carboxylic acids is 1. The number of hydrogen-bond acceptors (Lipinski definition) is 8. The second-order valence-electron chi connectivity index (χ2n) is 5.01. The molecule has 0 atom stereocenters. The molecule has 0 unspecified atom stereocenters. The topological polar surface area (TPSA) is 113 Å². The predicted molar refractivity (Wildman–Crippen MR) is 78.7 cm³/mol. The van der Waals surface area contributed by atoms with Gasteiger partial charge in [0.15, 0.2) is 17.3 Å². The van der Waals surface area contributed by atoms with Crippen molar-refractivity contribution in [1.29, 1.82) is 0 Å². The number of ether oxygens (including phenoxy) is 4. The van der Waals surface area contributed by atoms with Crippen LogP contribution in [0.25, 0.3) is 0 Å². The molecule has 3 rings (SSSR count). The molecule has 2 heterocycles. The van der Waals surface area contributed by atoms with E-state index in [2.05, 4.69) is 10.1 Å². The predicted octanol–water partition coefficient (Wildman–Crippen LogP) is 1.42. The molecule has 1 aliphatic heterocycles. The third-order valence-corrected chi connectivity index (χ3v) is 3.48. The van der Waals surface area contributed by atoms with Gasteiger partial charge >= 0.3 is 5.97 Å². The van der Waals surface area contributed by atoms with Gasteiger partial charge in [0.25, 0.3) is 0 Å². The van der Waals surface area contributed by atoms with Crippen molar-refractivity contribution in [1.82, 2.24) is 10.1 Å². The van der Waals surface area contributed by atoms with Crippen LogP contribution in [0.4, 0.5) is 0 Å². The van der Waals surface area contributed by atoms with E-state index in [1.165, 1.54) is 14.2 Å². The zero-order valence-corrected chi connectivity index (χ0v) is 13.2. The number of aryl methyl sites for hydroxylation is 1. The first-order valence-electron chi connectivity index (χ1n) is 7.19. The summed E-state index contributed by atoms with van der Waals surface area (Å²) in [6.45, 7) is 0.0903. The summed E-state index contributed by atoms with van der Waals surface area (Å²) >= 11 is 0. The molecular formula is C15H16N2O7. The zero-order chi connectivity index (χ0) is 17.1. The van der Waals surface area contributed by atoms with Gasteiger partial charge in [-0.15, -0.1) is 0 Å². The molecule has 1 aromatic carbocycles. The molecule has 0 bridgehead atoms. The average Bonchev–Trinajstić information content (AvgIpc) is 3.21. The maximum Gasteiger partial charge on any atom is 0.303 e. The summed E-state index contributed by atoms with van der Waals surface area (Å²) in [5.41, 5.74) is 0.740. The molecule has 9 heteroatoms. The fraction of sp³-hybridized carbons (Fsp3) is 0.400. The molecular weight excluding hydrogens is 320 g/mol. The summed E-state index contributed by atoms with van der Waals surface area (Å²) in [6.07, 6.45) is 0.430. The van der Waals surface area contributed by atoms with E-state index < -0.39 is 5.97 Å². The molecule has 0 spiro atoms. The van der Waals surface area contributed by atoms with Gasteiger partial charge in [-0.3, -0.25) is 4.79 Å². The Bertz CT molecular complexity index is 757. The molecule has 9 nitrogen and oxygen atoms in total. The van der Waals surface area contributed by atoms with Crippen molar-refractivity contribution in [2.45, 2.75) is 19.3 Å². The molecule has 0 saturated heterocycles. The molecule has 0 radical (unpaired) electrons. The van der Waals surface area contributed by atoms with Crippen LogP contribution in [0.2, 0.25) is 0 Å². The first-order valence-corrected chi connectivity index (χ1v) is 7.19. The van der Waals surface area contributed by atoms with Gasteiger partial charge in [-0.05, 0) is 6.07 Å². The van der Waals surface area contributed by atoms with Crippen LogP contribution in [0.15, 0.2) is 10.6 Å². The summed E-state index contributed by atoms with van der Waals surface area (Å²) in [5, 5.41) is 12.6. The van der Waals surface area contributed by atoms with Crippen molar-refractivity contribution < 1.29 is 33.4 Å². The Kier molecular flexibility index (Phi) is 4.41. The minimum atomic E-state index is -0.920. The van der Waals surface area contributed by atoms with Crippen LogP contribution < -0.4 is 18.9 Å². The number of methoxy groups -OCH3 is 2. The Hall–Kier alpha value is -2.97. The SMILES string of the molecule is COc1cc(Cc2noc(CCC(=O)O)n2)c(OC)c2c1OCO2. The lowest BCUT2D eigenvalue weighted by Crippen LogP contribution is -2.00. The summed E-state index contributed by atoms with van der Waals surface area (Å²) in [4.78, 5) is 14.8. The van der Waals surface area contributed by atoms with E-state index in [9.17, 15) is 4.79 Å². The zero-order valence-electron chi connectivity index (χ0n) is 13.2. The van der Waals surface area contributed by atoms with Crippen molar-refractivity contribution >= 4 is 5.97 Å². The van der Waals surface area contributed by atoms with Gasteiger partial charge in [-0.2, -0.15) is 4.98 Å². The van der Waals surface area contributed by atoms with Gasteiger partial charge in [-0.1, -0.05) is 5.16 Å². The van der Waals surface area contributed by atoms with Crippen LogP contribution in [0, 0.1) is 0 Å². The standard InChI is InChI=1S/C15H16N2O7/c1-20-9-5-8(13(21-2)15-14(9)22-7-23-15)6-10-16-11(24-17-10)3-4-12(18)19/h5H,3-4,6-7H2,1-2H3,(H,18,19). The van der Waals surface area contributed by atoms with Crippen LogP contribution in [-0.4, -0.2) is 42.2 Å². The summed E-state index contributed by atoms with van der Waals surface area (Å²) in [6, 6.07) is 1.76. The van der Waals surface area contributed by atoms with Gasteiger partial charge in [0.05, 0.1) is 20.6 Å². The van der Waals surface area contributed by atoms with Crippen molar-refractivity contribution in [3.8, 4) is 23.0 Å². The number of aromatic nitrogens is 2. The highest BCUT2D eigenvalue weighted by Gasteiger charge is 2.27. The third kappa shape index (κ3) is 3.05. The highest BCUT2D eigenvalue weighted by molar-refractivity contribution is 5.66. The quantitative estimate of drug-likeness (QED) is 0.801. The number of aliphatic carboxylic acids is 1. The smallest absolute Gasteiger partial charge is 0.303 e. The van der Waals surface area contributed by atoms with Crippen molar-refractivity contribution in [2.24, 2.45) is 0 Å². The van der Waals surface area contributed by atoms with E-state index in [1.54, 1.807) is 6.07 Å². The number of rotatable bonds is 7. The highest BCUT2D eigenvalue weighted by Crippen LogP contribution is 2.49. The molecule has 0 fully saturated rings. The highest BCUT2D eigenvalue weighted by atomic mass is 16.7. The Morgan fingerprint density at radius 2 is 2.08 bits per heavy atom. The average molecular weight is 336 g/mol. The van der Waals surface area contributed by atoms with Crippen LogP contribution >= 0.6 is 0 Å². The van der Waals surface area contributed by atoms with Crippen molar-refractivity contribution in [2.75, 3.05) is 21.0 Å². The molecule has 0 aliphatic carbocycles. The number of carboxylic acid groups (broad SMARTS) is 1. The Balaban J connectivity index is 1.86. The van der Waals surface area contributed by atoms with E-state index in [-0.39, 0.29) is 25.5 Å². The van der Waals surface area contributed by atoms with Gasteiger partial charge in [0, 0.05) is 18.4 Å². The first kappa shape index (κ1) is 15.9. The van der Waals surface area contributed by atoms with E-state index in [0.717, 1.165) is 5.56 Å². The molecule has 1 aromatic heterocycles. The number of benzene rings is 1. The molecule has 1 aliphatic rings. The van der Waals surface area contributed by atoms with Crippen molar-refractivity contribution in [3.63, 3.8) is 0 Å². The van der Waals surface area contributed by atoms with Crippen LogP contribution in [0.1, 0.15) is 23.7 Å². The number of hydrogen-bond donors (Lipinski definition) is 1. The Morgan fingerprint density at radius 3 is 2.79 bits per heavy atom. The number of nitrogens with zero attached hydrogens (tertiary/aromatic N) is 2. The lowest BCUT2D eigenvalue weighted by Gasteiger charge is -2.12. The Labute approximate surface area is 137 Å². The fourth-order valence-electron chi connectivity index (χ4n) is 2.42. The largest absolute Gasteiger partial charge is 0.493 e. The second-order valence-corrected chi connectivity index (χ2v) is 5.01. The van der Waals surface area contributed by atoms with Crippen LogP contribution in [0.3, 0.4) is 0 Å². The Morgan fingerprint density at radius 1 is 1.29 bits per heavy atom. The molecule has 2 aromatic rings. The fourth-order valence-corrected chi connectivity index (χ4v) is 2.42. The molecule has 24 heavy (non-hydrogen) atoms. The van der Waals surface area contributed by atoms with E-state index in [4.69, 9.17) is 28.6 Å². The summed E-state index contributed by atoms with van der Waals surface area (Å²) < 4.78 is 26.6. The normalized spacial score (nSPS) is 12.2. The summed E-state index contributed by atoms with van der Waals surface area (Å²) in [7, 11) is 3.06. The molecule has 1 N–H and O–H groups in total. The lowest BCUT2D eigenvalue weighted by molar-refractivity contribution is -0.137. The molecule has 0 amide bonds. The maximum atomic E-state index is 10.6. The van der Waals surface area contributed by atoms with Gasteiger partial charge in [0.1, 0.15) is 0 Å². The monoisotopic (exact) mass is 336 g/mol. The summed E-state index contributed by atoms with van der Waals surface area (Å²) in [5.74, 6) is 1.77. The van der Waals surface area contributed by atoms with Crippen LogP contribution in [0.5, 0.6) is 23.0 Å². The molecule has 128 valence electrons. The second kappa shape index (κ2) is 6.65. The third-order valence-electron chi connectivity index (χ3n) is 3.48. The van der Waals surface area contributed by atoms with E-state index in [0.29, 0.717) is 35.2 Å².